The lowest BCUT2D eigenvalue weighted by molar-refractivity contribution is 0.112. The van der Waals surface area contributed by atoms with Crippen LogP contribution in [-0.2, 0) is 0 Å². The number of ether oxygens (including phenoxy) is 2. The van der Waals surface area contributed by atoms with E-state index < -0.39 is 0 Å². The Hall–Kier alpha value is -1.55. The van der Waals surface area contributed by atoms with Crippen LogP contribution in [0.25, 0.3) is 0 Å². The molecule has 4 heteroatoms. The molecule has 18 heavy (non-hydrogen) atoms. The molecule has 1 aromatic carbocycles. The van der Waals surface area contributed by atoms with Crippen LogP contribution in [0.5, 0.6) is 11.5 Å². The summed E-state index contributed by atoms with van der Waals surface area (Å²) < 4.78 is 11.0. The molecule has 0 aliphatic heterocycles. The molecule has 100 valence electrons. The Balaban J connectivity index is 2.54. The van der Waals surface area contributed by atoms with Gasteiger partial charge in [0.2, 0.25) is 0 Å². The van der Waals surface area contributed by atoms with E-state index in [1.54, 1.807) is 18.2 Å². The number of carbonyl (C=O) groups is 1. The van der Waals surface area contributed by atoms with Crippen LogP contribution in [0.2, 0.25) is 0 Å². The Morgan fingerprint density at radius 1 is 1.17 bits per heavy atom. The summed E-state index contributed by atoms with van der Waals surface area (Å²) in [7, 11) is 0. The van der Waals surface area contributed by atoms with E-state index in [-0.39, 0.29) is 6.61 Å². The number of hydrogen-bond donors (Lipinski definition) is 1. The zero-order chi connectivity index (χ0) is 13.2. The second-order valence-corrected chi connectivity index (χ2v) is 3.89. The molecule has 0 bridgehead atoms. The van der Waals surface area contributed by atoms with Crippen molar-refractivity contribution in [2.45, 2.75) is 26.2 Å². The van der Waals surface area contributed by atoms with E-state index in [9.17, 15) is 4.79 Å². The van der Waals surface area contributed by atoms with E-state index in [0.717, 1.165) is 25.5 Å². The van der Waals surface area contributed by atoms with Gasteiger partial charge >= 0.3 is 0 Å². The molecule has 0 atom stereocenters. The molecule has 1 aromatic rings. The molecule has 0 unspecified atom stereocenters. The Morgan fingerprint density at radius 2 is 2.00 bits per heavy atom. The number of aliphatic hydroxyl groups is 1. The van der Waals surface area contributed by atoms with Gasteiger partial charge in [0.1, 0.15) is 6.29 Å². The number of aliphatic hydroxyl groups excluding tert-OH is 1. The molecule has 0 heterocycles. The van der Waals surface area contributed by atoms with Crippen molar-refractivity contribution >= 4 is 6.29 Å². The number of hydrogen-bond acceptors (Lipinski definition) is 4. The highest BCUT2D eigenvalue weighted by atomic mass is 16.5. The van der Waals surface area contributed by atoms with Crippen LogP contribution < -0.4 is 9.47 Å². The molecule has 0 radical (unpaired) electrons. The third kappa shape index (κ3) is 4.75. The first-order valence-corrected chi connectivity index (χ1v) is 6.27. The summed E-state index contributed by atoms with van der Waals surface area (Å²) >= 11 is 0. The molecule has 0 fully saturated rings. The van der Waals surface area contributed by atoms with Crippen molar-refractivity contribution in [3.8, 4) is 11.5 Å². The third-order valence-corrected chi connectivity index (χ3v) is 2.46. The predicted octanol–water partition coefficient (Wildman–Crippen LogP) is 2.44. The number of rotatable bonds is 9. The van der Waals surface area contributed by atoms with E-state index in [2.05, 4.69) is 0 Å². The van der Waals surface area contributed by atoms with E-state index in [1.165, 1.54) is 0 Å². The Labute approximate surface area is 108 Å². The number of unbranched alkanes of at least 4 members (excludes halogenated alkanes) is 2. The number of benzene rings is 1. The summed E-state index contributed by atoms with van der Waals surface area (Å²) in [6.07, 6.45) is 3.41. The average molecular weight is 252 g/mol. The van der Waals surface area contributed by atoms with Crippen LogP contribution in [0.15, 0.2) is 18.2 Å². The van der Waals surface area contributed by atoms with Gasteiger partial charge < -0.3 is 14.6 Å². The maximum atomic E-state index is 10.7. The zero-order valence-corrected chi connectivity index (χ0v) is 10.7. The molecule has 0 saturated carbocycles. The van der Waals surface area contributed by atoms with Crippen molar-refractivity contribution in [1.29, 1.82) is 0 Å². The normalized spacial score (nSPS) is 10.1. The van der Waals surface area contributed by atoms with Gasteiger partial charge in [-0.15, -0.1) is 0 Å². The van der Waals surface area contributed by atoms with Crippen molar-refractivity contribution in [1.82, 2.24) is 0 Å². The summed E-state index contributed by atoms with van der Waals surface area (Å²) in [6, 6.07) is 5.14. The highest BCUT2D eigenvalue weighted by Crippen LogP contribution is 2.28. The van der Waals surface area contributed by atoms with Crippen LogP contribution in [0.1, 0.15) is 36.5 Å². The lowest BCUT2D eigenvalue weighted by Crippen LogP contribution is -2.02. The lowest BCUT2D eigenvalue weighted by atomic mass is 10.2. The summed E-state index contributed by atoms with van der Waals surface area (Å²) in [5.41, 5.74) is 0.575. The molecular weight excluding hydrogens is 232 g/mol. The quantitative estimate of drug-likeness (QED) is 0.541. The van der Waals surface area contributed by atoms with Crippen LogP contribution in [-0.4, -0.2) is 31.2 Å². The fourth-order valence-electron chi connectivity index (χ4n) is 1.56. The van der Waals surface area contributed by atoms with Gasteiger partial charge in [0.15, 0.2) is 11.5 Å². The molecule has 1 rings (SSSR count). The van der Waals surface area contributed by atoms with Gasteiger partial charge in [0, 0.05) is 12.2 Å². The van der Waals surface area contributed by atoms with E-state index in [0.29, 0.717) is 30.3 Å². The molecule has 0 aliphatic rings. The first-order chi connectivity index (χ1) is 8.81. The SMILES string of the molecule is CCOc1cc(C=O)ccc1OCCCCCO. The minimum atomic E-state index is 0.220. The second kappa shape index (κ2) is 8.53. The van der Waals surface area contributed by atoms with Crippen molar-refractivity contribution in [3.63, 3.8) is 0 Å². The van der Waals surface area contributed by atoms with Gasteiger partial charge in [-0.05, 0) is 44.4 Å². The number of aldehydes is 1. The maximum Gasteiger partial charge on any atom is 0.161 e. The third-order valence-electron chi connectivity index (χ3n) is 2.46. The van der Waals surface area contributed by atoms with Crippen molar-refractivity contribution < 1.29 is 19.4 Å². The number of carbonyl (C=O) groups excluding carboxylic acids is 1. The first kappa shape index (κ1) is 14.5. The molecule has 0 saturated heterocycles. The van der Waals surface area contributed by atoms with Crippen LogP contribution in [0.4, 0.5) is 0 Å². The molecule has 0 aliphatic carbocycles. The fourth-order valence-corrected chi connectivity index (χ4v) is 1.56. The zero-order valence-electron chi connectivity index (χ0n) is 10.7. The molecule has 0 amide bonds. The highest BCUT2D eigenvalue weighted by Gasteiger charge is 2.06. The fraction of sp³-hybridized carbons (Fsp3) is 0.500. The monoisotopic (exact) mass is 252 g/mol. The molecule has 0 aromatic heterocycles. The first-order valence-electron chi connectivity index (χ1n) is 6.27. The minimum absolute atomic E-state index is 0.220. The van der Waals surface area contributed by atoms with Crippen molar-refractivity contribution in [2.75, 3.05) is 19.8 Å². The van der Waals surface area contributed by atoms with Gasteiger partial charge in [0.05, 0.1) is 13.2 Å². The van der Waals surface area contributed by atoms with E-state index in [4.69, 9.17) is 14.6 Å². The second-order valence-electron chi connectivity index (χ2n) is 3.89. The smallest absolute Gasteiger partial charge is 0.161 e. The summed E-state index contributed by atoms with van der Waals surface area (Å²) in [4.78, 5) is 10.7. The summed E-state index contributed by atoms with van der Waals surface area (Å²) in [6.45, 7) is 3.22. The van der Waals surface area contributed by atoms with Gasteiger partial charge in [-0.1, -0.05) is 0 Å². The lowest BCUT2D eigenvalue weighted by Gasteiger charge is -2.12. The Bertz CT molecular complexity index is 363. The maximum absolute atomic E-state index is 10.7. The predicted molar refractivity (Wildman–Crippen MR) is 69.4 cm³/mol. The van der Waals surface area contributed by atoms with Gasteiger partial charge in [-0.2, -0.15) is 0 Å². The molecule has 4 nitrogen and oxygen atoms in total. The molecule has 1 N–H and O–H groups in total. The van der Waals surface area contributed by atoms with Crippen LogP contribution in [0, 0.1) is 0 Å². The molecular formula is C14H20O4. The van der Waals surface area contributed by atoms with Gasteiger partial charge in [-0.25, -0.2) is 0 Å². The van der Waals surface area contributed by atoms with E-state index >= 15 is 0 Å². The van der Waals surface area contributed by atoms with Gasteiger partial charge in [0.25, 0.3) is 0 Å². The minimum Gasteiger partial charge on any atom is -0.490 e. The van der Waals surface area contributed by atoms with Crippen molar-refractivity contribution in [2.24, 2.45) is 0 Å². The standard InChI is InChI=1S/C14H20O4/c1-2-17-14-10-12(11-16)6-7-13(14)18-9-5-3-4-8-15/h6-7,10-11,15H,2-5,8-9H2,1H3. The van der Waals surface area contributed by atoms with E-state index in [1.807, 2.05) is 6.92 Å². The van der Waals surface area contributed by atoms with Crippen LogP contribution in [0.3, 0.4) is 0 Å². The molecule has 0 spiro atoms. The average Bonchev–Trinajstić information content (AvgIpc) is 2.40. The largest absolute Gasteiger partial charge is 0.490 e. The van der Waals surface area contributed by atoms with Crippen molar-refractivity contribution in [3.05, 3.63) is 23.8 Å². The summed E-state index contributed by atoms with van der Waals surface area (Å²) in [5.74, 6) is 1.26. The van der Waals surface area contributed by atoms with Gasteiger partial charge in [-0.3, -0.25) is 4.79 Å². The Morgan fingerprint density at radius 3 is 2.67 bits per heavy atom. The topological polar surface area (TPSA) is 55.8 Å². The summed E-state index contributed by atoms with van der Waals surface area (Å²) in [5, 5.41) is 8.66. The Kier molecular flexibility index (Phi) is 6.87. The highest BCUT2D eigenvalue weighted by molar-refractivity contribution is 5.76. The van der Waals surface area contributed by atoms with Crippen LogP contribution >= 0.6 is 0 Å².